The van der Waals surface area contributed by atoms with Gasteiger partial charge in [-0.25, -0.2) is 4.79 Å². The van der Waals surface area contributed by atoms with Crippen LogP contribution in [0, 0.1) is 10.1 Å². The molecule has 0 radical (unpaired) electrons. The molecule has 0 fully saturated rings. The second-order valence-electron chi connectivity index (χ2n) is 8.82. The van der Waals surface area contributed by atoms with Crippen molar-refractivity contribution in [1.29, 1.82) is 0 Å². The number of hydrogen-bond donors (Lipinski definition) is 2. The lowest BCUT2D eigenvalue weighted by Crippen LogP contribution is -2.55. The number of fused-ring (bicyclic) bond motifs is 1. The number of rotatable bonds is 6. The molecule has 2 N–H and O–H groups in total. The summed E-state index contributed by atoms with van der Waals surface area (Å²) in [5.74, 6) is -0.901. The summed E-state index contributed by atoms with van der Waals surface area (Å²) in [6, 6.07) is 5.99. The van der Waals surface area contributed by atoms with Crippen LogP contribution in [0.2, 0.25) is 0 Å². The number of ether oxygens (including phenoxy) is 1. The van der Waals surface area contributed by atoms with Gasteiger partial charge >= 0.3 is 5.97 Å². The Kier molecular flexibility index (Phi) is 6.52. The van der Waals surface area contributed by atoms with E-state index in [1.807, 2.05) is 13.8 Å². The standard InChI is InChI=1S/C23H27N3O5S/c1-6-31-21(28)18-16-13-22(2,3)25-23(4,5)19(16)32-20(18)24-17(27)11-10-14-8-7-9-15(12-14)26(29)30/h7-12,25H,6,13H2,1-5H3,(H,24,27)/b11-10+. The third-order valence-corrected chi connectivity index (χ3v) is 6.54. The predicted molar refractivity (Wildman–Crippen MR) is 125 cm³/mol. The third kappa shape index (κ3) is 5.05. The zero-order chi connectivity index (χ0) is 23.7. The molecule has 0 saturated carbocycles. The highest BCUT2D eigenvalue weighted by Gasteiger charge is 2.42. The van der Waals surface area contributed by atoms with E-state index in [2.05, 4.69) is 24.5 Å². The van der Waals surface area contributed by atoms with Crippen LogP contribution < -0.4 is 10.6 Å². The molecule has 0 unspecified atom stereocenters. The molecule has 1 aromatic heterocycles. The topological polar surface area (TPSA) is 111 Å². The van der Waals surface area contributed by atoms with Gasteiger partial charge in [-0.05, 0) is 58.2 Å². The van der Waals surface area contributed by atoms with Gasteiger partial charge in [-0.2, -0.15) is 0 Å². The fourth-order valence-corrected chi connectivity index (χ4v) is 5.37. The van der Waals surface area contributed by atoms with E-state index in [0.717, 1.165) is 10.4 Å². The largest absolute Gasteiger partial charge is 0.462 e. The Bertz CT molecular complexity index is 1100. The fourth-order valence-electron chi connectivity index (χ4n) is 4.10. The van der Waals surface area contributed by atoms with Crippen molar-refractivity contribution in [3.8, 4) is 0 Å². The van der Waals surface area contributed by atoms with E-state index in [0.29, 0.717) is 22.5 Å². The van der Waals surface area contributed by atoms with Crippen molar-refractivity contribution in [2.45, 2.75) is 52.1 Å². The van der Waals surface area contributed by atoms with Gasteiger partial charge in [0.05, 0.1) is 17.1 Å². The molecule has 2 heterocycles. The molecule has 0 bridgehead atoms. The van der Waals surface area contributed by atoms with E-state index in [1.165, 1.54) is 35.6 Å². The minimum absolute atomic E-state index is 0.0552. The highest BCUT2D eigenvalue weighted by molar-refractivity contribution is 7.17. The number of nitrogens with one attached hydrogen (secondary N) is 2. The second kappa shape index (κ2) is 8.84. The SMILES string of the molecule is CCOC(=O)c1c(NC(=O)/C=C/c2cccc([N+](=O)[O-])c2)sc2c1CC(C)(C)NC2(C)C. The molecule has 0 saturated heterocycles. The number of hydrogen-bond acceptors (Lipinski definition) is 7. The third-order valence-electron chi connectivity index (χ3n) is 5.07. The summed E-state index contributed by atoms with van der Waals surface area (Å²) in [6.45, 7) is 10.2. The van der Waals surface area contributed by atoms with Crippen molar-refractivity contribution in [2.24, 2.45) is 0 Å². The van der Waals surface area contributed by atoms with Crippen LogP contribution in [0.5, 0.6) is 0 Å². The molecule has 170 valence electrons. The van der Waals surface area contributed by atoms with Gasteiger partial charge in [0.1, 0.15) is 5.00 Å². The molecule has 1 aliphatic rings. The molecule has 3 rings (SSSR count). The summed E-state index contributed by atoms with van der Waals surface area (Å²) in [5, 5.41) is 17.8. The molecule has 32 heavy (non-hydrogen) atoms. The van der Waals surface area contributed by atoms with Crippen LogP contribution in [0.3, 0.4) is 0 Å². The average Bonchev–Trinajstić information content (AvgIpc) is 3.03. The van der Waals surface area contributed by atoms with E-state index < -0.39 is 16.8 Å². The molecule has 0 atom stereocenters. The van der Waals surface area contributed by atoms with Crippen LogP contribution in [0.4, 0.5) is 10.7 Å². The number of anilines is 1. The van der Waals surface area contributed by atoms with Gasteiger partial charge in [0.2, 0.25) is 5.91 Å². The molecule has 0 spiro atoms. The summed E-state index contributed by atoms with van der Waals surface area (Å²) in [4.78, 5) is 36.9. The Morgan fingerprint density at radius 2 is 2.03 bits per heavy atom. The maximum Gasteiger partial charge on any atom is 0.341 e. The number of carbonyl (C=O) groups excluding carboxylic acids is 2. The first kappa shape index (κ1) is 23.6. The highest BCUT2D eigenvalue weighted by Crippen LogP contribution is 2.45. The van der Waals surface area contributed by atoms with Crippen LogP contribution >= 0.6 is 11.3 Å². The molecule has 1 aliphatic heterocycles. The Morgan fingerprint density at radius 3 is 2.69 bits per heavy atom. The highest BCUT2D eigenvalue weighted by atomic mass is 32.1. The van der Waals surface area contributed by atoms with Gasteiger partial charge in [-0.1, -0.05) is 12.1 Å². The number of esters is 1. The van der Waals surface area contributed by atoms with Crippen molar-refractivity contribution >= 4 is 40.0 Å². The Balaban J connectivity index is 1.93. The first-order valence-electron chi connectivity index (χ1n) is 10.3. The van der Waals surface area contributed by atoms with Crippen molar-refractivity contribution in [1.82, 2.24) is 5.32 Å². The zero-order valence-electron chi connectivity index (χ0n) is 18.8. The molecule has 9 heteroatoms. The van der Waals surface area contributed by atoms with Crippen molar-refractivity contribution < 1.29 is 19.2 Å². The van der Waals surface area contributed by atoms with Gasteiger partial charge in [-0.3, -0.25) is 14.9 Å². The van der Waals surface area contributed by atoms with Crippen LogP contribution in [-0.2, 0) is 21.5 Å². The van der Waals surface area contributed by atoms with Gasteiger partial charge < -0.3 is 15.4 Å². The molecular formula is C23H27N3O5S. The number of carbonyl (C=O) groups is 2. The lowest BCUT2D eigenvalue weighted by molar-refractivity contribution is -0.384. The average molecular weight is 458 g/mol. The Labute approximate surface area is 190 Å². The minimum Gasteiger partial charge on any atom is -0.462 e. The molecule has 2 aromatic rings. The normalized spacial score (nSPS) is 16.4. The summed E-state index contributed by atoms with van der Waals surface area (Å²) >= 11 is 1.36. The summed E-state index contributed by atoms with van der Waals surface area (Å²) < 4.78 is 5.29. The molecule has 8 nitrogen and oxygen atoms in total. The molecule has 0 aliphatic carbocycles. The van der Waals surface area contributed by atoms with Crippen LogP contribution in [0.1, 0.15) is 61.0 Å². The number of amides is 1. The van der Waals surface area contributed by atoms with Crippen LogP contribution in [0.25, 0.3) is 6.08 Å². The van der Waals surface area contributed by atoms with Gasteiger partial charge in [-0.15, -0.1) is 11.3 Å². The minimum atomic E-state index is -0.490. The Morgan fingerprint density at radius 1 is 1.31 bits per heavy atom. The Hall–Kier alpha value is -3.04. The predicted octanol–water partition coefficient (Wildman–Crippen LogP) is 4.64. The lowest BCUT2D eigenvalue weighted by atomic mass is 9.81. The second-order valence-corrected chi connectivity index (χ2v) is 9.84. The number of nitro groups is 1. The van der Waals surface area contributed by atoms with Gasteiger partial charge in [0.15, 0.2) is 0 Å². The van der Waals surface area contributed by atoms with Crippen molar-refractivity contribution in [2.75, 3.05) is 11.9 Å². The zero-order valence-corrected chi connectivity index (χ0v) is 19.6. The van der Waals surface area contributed by atoms with E-state index in [4.69, 9.17) is 4.74 Å². The quantitative estimate of drug-likeness (QED) is 0.283. The first-order valence-corrected chi connectivity index (χ1v) is 11.1. The smallest absolute Gasteiger partial charge is 0.341 e. The van der Waals surface area contributed by atoms with Crippen LogP contribution in [0.15, 0.2) is 30.3 Å². The number of benzene rings is 1. The maximum absolute atomic E-state index is 12.8. The summed E-state index contributed by atoms with van der Waals surface area (Å²) in [5.41, 5.74) is 1.14. The lowest BCUT2D eigenvalue weighted by Gasteiger charge is -2.42. The number of thiophene rings is 1. The summed E-state index contributed by atoms with van der Waals surface area (Å²) in [7, 11) is 0. The van der Waals surface area contributed by atoms with E-state index in [9.17, 15) is 19.7 Å². The fraction of sp³-hybridized carbons (Fsp3) is 0.391. The van der Waals surface area contributed by atoms with Gasteiger partial charge in [0, 0.05) is 34.2 Å². The van der Waals surface area contributed by atoms with Crippen molar-refractivity contribution in [3.63, 3.8) is 0 Å². The first-order chi connectivity index (χ1) is 14.9. The van der Waals surface area contributed by atoms with E-state index in [-0.39, 0.29) is 23.4 Å². The number of non-ortho nitro benzene ring substituents is 1. The van der Waals surface area contributed by atoms with E-state index in [1.54, 1.807) is 19.1 Å². The monoisotopic (exact) mass is 457 g/mol. The summed E-state index contributed by atoms with van der Waals surface area (Å²) in [6.07, 6.45) is 3.41. The van der Waals surface area contributed by atoms with Crippen LogP contribution in [-0.4, -0.2) is 28.9 Å². The van der Waals surface area contributed by atoms with Gasteiger partial charge in [0.25, 0.3) is 5.69 Å². The molecule has 1 amide bonds. The van der Waals surface area contributed by atoms with E-state index >= 15 is 0 Å². The molecular weight excluding hydrogens is 430 g/mol. The van der Waals surface area contributed by atoms with Crippen molar-refractivity contribution in [3.05, 3.63) is 62.0 Å². The maximum atomic E-state index is 12.8. The molecule has 1 aromatic carbocycles. The number of nitro benzene ring substituents is 1. The number of nitrogens with zero attached hydrogens (tertiary/aromatic N) is 1.